The third kappa shape index (κ3) is 3.71. The molecule has 5 nitrogen and oxygen atoms in total. The van der Waals surface area contributed by atoms with Crippen LogP contribution in [0.5, 0.6) is 0 Å². The predicted octanol–water partition coefficient (Wildman–Crippen LogP) is 2.29. The van der Waals surface area contributed by atoms with Crippen LogP contribution in [0, 0.1) is 6.92 Å². The van der Waals surface area contributed by atoms with Crippen LogP contribution in [0.3, 0.4) is 0 Å². The van der Waals surface area contributed by atoms with Gasteiger partial charge in [-0.15, -0.1) is 11.8 Å². The molecule has 6 heteroatoms. The van der Waals surface area contributed by atoms with Gasteiger partial charge in [0.05, 0.1) is 14.2 Å². The Morgan fingerprint density at radius 1 is 1.00 bits per heavy atom. The number of esters is 2. The molecular formula is C17H16O5S. The highest BCUT2D eigenvalue weighted by molar-refractivity contribution is 8.09. The molecule has 1 heterocycles. The number of hydrogen-bond donors (Lipinski definition) is 0. The van der Waals surface area contributed by atoms with E-state index in [1.807, 2.05) is 31.2 Å². The van der Waals surface area contributed by atoms with Crippen molar-refractivity contribution in [2.24, 2.45) is 0 Å². The van der Waals surface area contributed by atoms with Crippen molar-refractivity contribution in [1.29, 1.82) is 0 Å². The van der Waals surface area contributed by atoms with Crippen LogP contribution in [0.1, 0.15) is 11.1 Å². The summed E-state index contributed by atoms with van der Waals surface area (Å²) in [6.45, 7) is 1.98. The molecule has 2 rings (SSSR count). The number of ketones is 1. The summed E-state index contributed by atoms with van der Waals surface area (Å²) in [5.74, 6) is -2.43. The van der Waals surface area contributed by atoms with Gasteiger partial charge >= 0.3 is 11.9 Å². The number of ether oxygens (including phenoxy) is 2. The highest BCUT2D eigenvalue weighted by Gasteiger charge is 2.35. The fraction of sp³-hybridized carbons (Fsp3) is 0.235. The zero-order chi connectivity index (χ0) is 17.0. The molecule has 23 heavy (non-hydrogen) atoms. The third-order valence-electron chi connectivity index (χ3n) is 3.33. The maximum atomic E-state index is 12.1. The lowest BCUT2D eigenvalue weighted by Gasteiger charge is -2.21. The van der Waals surface area contributed by atoms with Crippen LogP contribution in [-0.2, 0) is 23.9 Å². The van der Waals surface area contributed by atoms with Crippen molar-refractivity contribution in [2.75, 3.05) is 14.2 Å². The number of carbonyl (C=O) groups excluding carboxylic acids is 3. The van der Waals surface area contributed by atoms with E-state index in [4.69, 9.17) is 4.74 Å². The highest BCUT2D eigenvalue weighted by Crippen LogP contribution is 2.39. The van der Waals surface area contributed by atoms with E-state index in [-0.39, 0.29) is 5.57 Å². The van der Waals surface area contributed by atoms with Crippen molar-refractivity contribution >= 4 is 34.4 Å². The molecule has 0 radical (unpaired) electrons. The van der Waals surface area contributed by atoms with Gasteiger partial charge in [-0.1, -0.05) is 35.9 Å². The standard InChI is InChI=1S/C17H16O5S/c1-10-4-6-11(7-5-10)13-9-8-12(14(18)16(19)21-2)15(23-13)17(20)22-3/h4-9,15H,1-3H3. The number of Topliss-reactive ketones (excluding diaryl/α,β-unsaturated/α-hetero) is 1. The second kappa shape index (κ2) is 7.28. The van der Waals surface area contributed by atoms with Gasteiger partial charge < -0.3 is 9.47 Å². The van der Waals surface area contributed by atoms with Gasteiger partial charge in [0.15, 0.2) is 0 Å². The van der Waals surface area contributed by atoms with Gasteiger partial charge in [0, 0.05) is 10.5 Å². The van der Waals surface area contributed by atoms with Crippen molar-refractivity contribution in [3.63, 3.8) is 0 Å². The molecule has 0 aromatic heterocycles. The Labute approximate surface area is 138 Å². The Balaban J connectivity index is 2.39. The molecule has 0 N–H and O–H groups in total. The summed E-state index contributed by atoms with van der Waals surface area (Å²) in [6, 6.07) is 7.79. The van der Waals surface area contributed by atoms with E-state index >= 15 is 0 Å². The number of hydrogen-bond acceptors (Lipinski definition) is 6. The summed E-state index contributed by atoms with van der Waals surface area (Å²) in [7, 11) is 2.37. The summed E-state index contributed by atoms with van der Waals surface area (Å²) in [5.41, 5.74) is 2.11. The Morgan fingerprint density at radius 3 is 2.22 bits per heavy atom. The normalized spacial score (nSPS) is 16.9. The Kier molecular flexibility index (Phi) is 5.39. The molecule has 1 unspecified atom stereocenters. The minimum atomic E-state index is -1.00. The molecule has 0 fully saturated rings. The molecule has 0 bridgehead atoms. The van der Waals surface area contributed by atoms with Gasteiger partial charge in [0.25, 0.3) is 5.78 Å². The molecule has 1 aliphatic rings. The molecule has 0 spiro atoms. The van der Waals surface area contributed by atoms with Crippen LogP contribution in [0.2, 0.25) is 0 Å². The summed E-state index contributed by atoms with van der Waals surface area (Å²) >= 11 is 1.18. The summed E-state index contributed by atoms with van der Waals surface area (Å²) in [5, 5.41) is -0.895. The SMILES string of the molecule is COC(=O)C(=O)C1=CC=C(c2ccc(C)cc2)SC1C(=O)OC. The first-order chi connectivity index (χ1) is 11.0. The lowest BCUT2D eigenvalue weighted by atomic mass is 10.1. The van der Waals surface area contributed by atoms with E-state index in [2.05, 4.69) is 4.74 Å². The number of allylic oxidation sites excluding steroid dienone is 2. The van der Waals surface area contributed by atoms with Crippen molar-refractivity contribution in [2.45, 2.75) is 12.2 Å². The zero-order valence-corrected chi connectivity index (χ0v) is 13.8. The van der Waals surface area contributed by atoms with Gasteiger partial charge in [-0.05, 0) is 18.6 Å². The van der Waals surface area contributed by atoms with Gasteiger partial charge in [-0.25, -0.2) is 4.79 Å². The number of carbonyl (C=O) groups is 3. The van der Waals surface area contributed by atoms with E-state index < -0.39 is 23.0 Å². The van der Waals surface area contributed by atoms with Crippen molar-refractivity contribution < 1.29 is 23.9 Å². The quantitative estimate of drug-likeness (QED) is 0.622. The largest absolute Gasteiger partial charge is 0.468 e. The van der Waals surface area contributed by atoms with Crippen molar-refractivity contribution in [3.05, 3.63) is 53.1 Å². The van der Waals surface area contributed by atoms with Crippen LogP contribution in [0.4, 0.5) is 0 Å². The van der Waals surface area contributed by atoms with Crippen molar-refractivity contribution in [3.8, 4) is 0 Å². The second-order valence-electron chi connectivity index (χ2n) is 4.86. The van der Waals surface area contributed by atoms with E-state index in [1.165, 1.54) is 24.9 Å². The highest BCUT2D eigenvalue weighted by atomic mass is 32.2. The van der Waals surface area contributed by atoms with E-state index in [9.17, 15) is 14.4 Å². The molecule has 120 valence electrons. The number of thioether (sulfide) groups is 1. The monoisotopic (exact) mass is 332 g/mol. The van der Waals surface area contributed by atoms with Crippen LogP contribution < -0.4 is 0 Å². The van der Waals surface area contributed by atoms with Crippen molar-refractivity contribution in [1.82, 2.24) is 0 Å². The summed E-state index contributed by atoms with van der Waals surface area (Å²) in [4.78, 5) is 36.3. The maximum absolute atomic E-state index is 12.1. The maximum Gasteiger partial charge on any atom is 0.379 e. The predicted molar refractivity (Wildman–Crippen MR) is 87.7 cm³/mol. The molecular weight excluding hydrogens is 316 g/mol. The van der Waals surface area contributed by atoms with Crippen LogP contribution in [0.25, 0.3) is 4.91 Å². The van der Waals surface area contributed by atoms with Crippen LogP contribution in [-0.4, -0.2) is 37.2 Å². The molecule has 1 aliphatic heterocycles. The minimum Gasteiger partial charge on any atom is -0.468 e. The number of methoxy groups -OCH3 is 2. The van der Waals surface area contributed by atoms with Gasteiger partial charge in [-0.3, -0.25) is 9.59 Å². The number of aryl methyl sites for hydroxylation is 1. The summed E-state index contributed by atoms with van der Waals surface area (Å²) < 4.78 is 9.19. The first-order valence-corrected chi connectivity index (χ1v) is 7.72. The third-order valence-corrected chi connectivity index (χ3v) is 4.63. The Morgan fingerprint density at radius 2 is 1.65 bits per heavy atom. The van der Waals surface area contributed by atoms with Crippen LogP contribution >= 0.6 is 11.8 Å². The first-order valence-electron chi connectivity index (χ1n) is 6.84. The van der Waals surface area contributed by atoms with E-state index in [0.29, 0.717) is 0 Å². The van der Waals surface area contributed by atoms with Crippen LogP contribution in [0.15, 0.2) is 42.0 Å². The molecule has 0 saturated heterocycles. The average molecular weight is 332 g/mol. The smallest absolute Gasteiger partial charge is 0.379 e. The molecule has 0 saturated carbocycles. The van der Waals surface area contributed by atoms with Gasteiger partial charge in [0.1, 0.15) is 5.25 Å². The molecule has 0 amide bonds. The van der Waals surface area contributed by atoms with E-state index in [0.717, 1.165) is 23.1 Å². The fourth-order valence-electron chi connectivity index (χ4n) is 2.05. The fourth-order valence-corrected chi connectivity index (χ4v) is 3.23. The lowest BCUT2D eigenvalue weighted by molar-refractivity contribution is -0.150. The average Bonchev–Trinajstić information content (AvgIpc) is 2.59. The lowest BCUT2D eigenvalue weighted by Crippen LogP contribution is -2.31. The van der Waals surface area contributed by atoms with Gasteiger partial charge in [0.2, 0.25) is 0 Å². The number of benzene rings is 1. The molecule has 0 aliphatic carbocycles. The Bertz CT molecular complexity index is 700. The molecule has 1 atom stereocenters. The molecule has 1 aromatic rings. The minimum absolute atomic E-state index is 0.0598. The van der Waals surface area contributed by atoms with Gasteiger partial charge in [-0.2, -0.15) is 0 Å². The summed E-state index contributed by atoms with van der Waals surface area (Å²) in [6.07, 6.45) is 3.19. The topological polar surface area (TPSA) is 69.7 Å². The number of rotatable bonds is 4. The zero-order valence-electron chi connectivity index (χ0n) is 13.0. The second-order valence-corrected chi connectivity index (χ2v) is 6.01. The Hall–Kier alpha value is -2.34. The molecule has 1 aromatic carbocycles. The first kappa shape index (κ1) is 17.0. The van der Waals surface area contributed by atoms with E-state index in [1.54, 1.807) is 6.08 Å².